The molecule has 0 amide bonds. The summed E-state index contributed by atoms with van der Waals surface area (Å²) in [5.41, 5.74) is 0. The van der Waals surface area contributed by atoms with Crippen LogP contribution in [0.25, 0.3) is 0 Å². The van der Waals surface area contributed by atoms with Gasteiger partial charge < -0.3 is 15.2 Å². The summed E-state index contributed by atoms with van der Waals surface area (Å²) < 4.78 is 4.50. The first-order valence-electron chi connectivity index (χ1n) is 3.75. The number of methoxy groups -OCH3 is 1. The molecule has 0 spiro atoms. The van der Waals surface area contributed by atoms with E-state index in [0.29, 0.717) is 6.42 Å². The summed E-state index contributed by atoms with van der Waals surface area (Å²) in [6, 6.07) is -0.520. The Balaban J connectivity index is 0.00000121. The summed E-state index contributed by atoms with van der Waals surface area (Å²) in [5, 5.41) is 12.2. The van der Waals surface area contributed by atoms with Crippen molar-refractivity contribution in [1.82, 2.24) is 5.32 Å². The molecule has 4 nitrogen and oxygen atoms in total. The van der Waals surface area contributed by atoms with E-state index >= 15 is 0 Å². The van der Waals surface area contributed by atoms with E-state index in [2.05, 4.69) is 10.1 Å². The van der Waals surface area contributed by atoms with Gasteiger partial charge in [0.05, 0.1) is 13.2 Å². The molecule has 72 valence electrons. The summed E-state index contributed by atoms with van der Waals surface area (Å²) in [5.74, 6) is -0.378. The van der Waals surface area contributed by atoms with Crippen LogP contribution in [0.4, 0.5) is 0 Å². The van der Waals surface area contributed by atoms with Crippen molar-refractivity contribution in [3.8, 4) is 0 Å². The molecule has 2 N–H and O–H groups in total. The Labute approximate surface area is 77.7 Å². The van der Waals surface area contributed by atoms with Gasteiger partial charge in [0, 0.05) is 0 Å². The molecule has 0 aromatic carbocycles. The zero-order valence-electron chi connectivity index (χ0n) is 6.95. The smallest absolute Gasteiger partial charge is 0.325 e. The van der Waals surface area contributed by atoms with Crippen molar-refractivity contribution in [3.63, 3.8) is 0 Å². The molecule has 1 rings (SSSR count). The third kappa shape index (κ3) is 2.62. The van der Waals surface area contributed by atoms with E-state index in [0.717, 1.165) is 13.0 Å². The van der Waals surface area contributed by atoms with Gasteiger partial charge in [-0.25, -0.2) is 0 Å². The predicted octanol–water partition coefficient (Wildman–Crippen LogP) is -0.306. The molecule has 0 aliphatic carbocycles. The number of hydrogen-bond donors (Lipinski definition) is 2. The number of aliphatic hydroxyl groups is 1. The molecule has 12 heavy (non-hydrogen) atoms. The van der Waals surface area contributed by atoms with Crippen molar-refractivity contribution < 1.29 is 14.6 Å². The Morgan fingerprint density at radius 1 is 1.67 bits per heavy atom. The zero-order chi connectivity index (χ0) is 8.27. The third-order valence-corrected chi connectivity index (χ3v) is 1.88. The molecule has 1 heterocycles. The van der Waals surface area contributed by atoms with Crippen molar-refractivity contribution in [1.29, 1.82) is 0 Å². The lowest BCUT2D eigenvalue weighted by molar-refractivity contribution is -0.147. The van der Waals surface area contributed by atoms with Crippen LogP contribution in [0, 0.1) is 0 Å². The number of halogens is 1. The Morgan fingerprint density at radius 2 is 2.33 bits per heavy atom. The molecule has 0 saturated carbocycles. The van der Waals surface area contributed by atoms with Crippen LogP contribution >= 0.6 is 12.4 Å². The van der Waals surface area contributed by atoms with Gasteiger partial charge in [0.2, 0.25) is 0 Å². The van der Waals surface area contributed by atoms with Crippen LogP contribution in [-0.2, 0) is 9.53 Å². The molecule has 0 radical (unpaired) electrons. The maximum atomic E-state index is 10.9. The second-order valence-electron chi connectivity index (χ2n) is 2.66. The number of rotatable bonds is 1. The van der Waals surface area contributed by atoms with Crippen molar-refractivity contribution in [2.24, 2.45) is 0 Å². The van der Waals surface area contributed by atoms with E-state index in [4.69, 9.17) is 0 Å². The maximum Gasteiger partial charge on any atom is 0.325 e. The topological polar surface area (TPSA) is 58.6 Å². The highest BCUT2D eigenvalue weighted by Gasteiger charge is 2.29. The summed E-state index contributed by atoms with van der Waals surface area (Å²) in [4.78, 5) is 10.9. The second-order valence-corrected chi connectivity index (χ2v) is 2.66. The van der Waals surface area contributed by atoms with E-state index in [1.807, 2.05) is 0 Å². The molecule has 0 bridgehead atoms. The summed E-state index contributed by atoms with van der Waals surface area (Å²) in [7, 11) is 1.32. The molecule has 1 saturated heterocycles. The van der Waals surface area contributed by atoms with E-state index in [9.17, 15) is 9.90 Å². The van der Waals surface area contributed by atoms with Crippen molar-refractivity contribution in [2.75, 3.05) is 13.7 Å². The Kier molecular flexibility index (Phi) is 5.20. The van der Waals surface area contributed by atoms with Crippen LogP contribution < -0.4 is 5.32 Å². The minimum Gasteiger partial charge on any atom is -0.468 e. The molecule has 1 fully saturated rings. The SMILES string of the molecule is COC(=O)[C@H]1NCCC[C@@H]1O.Cl. The van der Waals surface area contributed by atoms with Gasteiger partial charge in [-0.05, 0) is 19.4 Å². The molecule has 1 aliphatic rings. The van der Waals surface area contributed by atoms with E-state index < -0.39 is 12.1 Å². The van der Waals surface area contributed by atoms with Crippen LogP contribution in [0.1, 0.15) is 12.8 Å². The molecular weight excluding hydrogens is 182 g/mol. The number of carbonyl (C=O) groups excluding carboxylic acids is 1. The predicted molar refractivity (Wildman–Crippen MR) is 46.3 cm³/mol. The van der Waals surface area contributed by atoms with E-state index in [1.54, 1.807) is 0 Å². The molecular formula is C7H14ClNO3. The van der Waals surface area contributed by atoms with Gasteiger partial charge in [-0.3, -0.25) is 4.79 Å². The lowest BCUT2D eigenvalue weighted by Gasteiger charge is -2.26. The van der Waals surface area contributed by atoms with Gasteiger partial charge in [-0.1, -0.05) is 0 Å². The average Bonchev–Trinajstić information content (AvgIpc) is 2.04. The van der Waals surface area contributed by atoms with Crippen LogP contribution in [0.5, 0.6) is 0 Å². The fourth-order valence-corrected chi connectivity index (χ4v) is 1.24. The first-order valence-corrected chi connectivity index (χ1v) is 3.75. The maximum absolute atomic E-state index is 10.9. The fourth-order valence-electron chi connectivity index (χ4n) is 1.24. The molecule has 0 aromatic heterocycles. The van der Waals surface area contributed by atoms with Crippen LogP contribution in [-0.4, -0.2) is 36.9 Å². The summed E-state index contributed by atoms with van der Waals surface area (Å²) in [6.07, 6.45) is 0.998. The first kappa shape index (κ1) is 11.7. The summed E-state index contributed by atoms with van der Waals surface area (Å²) in [6.45, 7) is 0.775. The lowest BCUT2D eigenvalue weighted by Crippen LogP contribution is -2.50. The van der Waals surface area contributed by atoms with Crippen LogP contribution in [0.3, 0.4) is 0 Å². The van der Waals surface area contributed by atoms with Gasteiger partial charge in [0.15, 0.2) is 0 Å². The number of carbonyl (C=O) groups is 1. The average molecular weight is 196 g/mol. The molecule has 0 aromatic rings. The number of esters is 1. The van der Waals surface area contributed by atoms with Crippen LogP contribution in [0.15, 0.2) is 0 Å². The number of aliphatic hydroxyl groups excluding tert-OH is 1. The van der Waals surface area contributed by atoms with Gasteiger partial charge in [-0.2, -0.15) is 0 Å². The third-order valence-electron chi connectivity index (χ3n) is 1.88. The highest BCUT2D eigenvalue weighted by molar-refractivity contribution is 5.85. The van der Waals surface area contributed by atoms with E-state index in [1.165, 1.54) is 7.11 Å². The number of ether oxygens (including phenoxy) is 1. The van der Waals surface area contributed by atoms with Gasteiger partial charge in [-0.15, -0.1) is 12.4 Å². The number of piperidine rings is 1. The zero-order valence-corrected chi connectivity index (χ0v) is 7.76. The largest absolute Gasteiger partial charge is 0.468 e. The second kappa shape index (κ2) is 5.35. The van der Waals surface area contributed by atoms with Crippen molar-refractivity contribution in [2.45, 2.75) is 25.0 Å². The number of hydrogen-bond acceptors (Lipinski definition) is 4. The van der Waals surface area contributed by atoms with Crippen LogP contribution in [0.2, 0.25) is 0 Å². The minimum absolute atomic E-state index is 0. The Morgan fingerprint density at radius 3 is 2.83 bits per heavy atom. The van der Waals surface area contributed by atoms with Crippen molar-refractivity contribution >= 4 is 18.4 Å². The highest BCUT2D eigenvalue weighted by Crippen LogP contribution is 2.08. The Hall–Kier alpha value is -0.320. The molecule has 5 heteroatoms. The normalized spacial score (nSPS) is 28.8. The molecule has 0 unspecified atom stereocenters. The van der Waals surface area contributed by atoms with Gasteiger partial charge in [0.1, 0.15) is 6.04 Å². The molecule has 1 aliphatic heterocycles. The monoisotopic (exact) mass is 195 g/mol. The number of nitrogens with one attached hydrogen (secondary N) is 1. The molecule has 2 atom stereocenters. The first-order chi connectivity index (χ1) is 5.25. The summed E-state index contributed by atoms with van der Waals surface area (Å²) >= 11 is 0. The van der Waals surface area contributed by atoms with E-state index in [-0.39, 0.29) is 18.4 Å². The Bertz CT molecular complexity index is 154. The standard InChI is InChI=1S/C7H13NO3.ClH/c1-11-7(10)6-5(9)3-2-4-8-6;/h5-6,8-9H,2-4H2,1H3;1H/t5-,6-;/m0./s1. The fraction of sp³-hybridized carbons (Fsp3) is 0.857. The minimum atomic E-state index is -0.587. The van der Waals surface area contributed by atoms with Gasteiger partial charge >= 0.3 is 5.97 Å². The highest BCUT2D eigenvalue weighted by atomic mass is 35.5. The van der Waals surface area contributed by atoms with Crippen molar-refractivity contribution in [3.05, 3.63) is 0 Å². The van der Waals surface area contributed by atoms with Gasteiger partial charge in [0.25, 0.3) is 0 Å². The quantitative estimate of drug-likeness (QED) is 0.564. The lowest BCUT2D eigenvalue weighted by atomic mass is 10.0.